The minimum absolute atomic E-state index is 0.0409. The molecule has 1 amide bonds. The minimum Gasteiger partial charge on any atom is -0.396 e. The molecule has 0 bridgehead atoms. The summed E-state index contributed by atoms with van der Waals surface area (Å²) >= 11 is 0. The molecule has 1 aliphatic heterocycles. The molecule has 2 aromatic carbocycles. The van der Waals surface area contributed by atoms with Gasteiger partial charge in [0.25, 0.3) is 5.91 Å². The molecule has 12 heteroatoms. The first-order chi connectivity index (χ1) is 21.2. The van der Waals surface area contributed by atoms with E-state index in [0.29, 0.717) is 42.9 Å². The number of ether oxygens (including phenoxy) is 1. The zero-order chi connectivity index (χ0) is 31.3. The summed E-state index contributed by atoms with van der Waals surface area (Å²) in [5.41, 5.74) is 9.07. The van der Waals surface area contributed by atoms with Crippen molar-refractivity contribution in [2.45, 2.75) is 63.3 Å². The number of nitrogens with two attached hydrogens (primary N) is 2. The summed E-state index contributed by atoms with van der Waals surface area (Å²) in [7, 11) is 0. The third-order valence-electron chi connectivity index (χ3n) is 7.99. The Hall–Kier alpha value is -4.20. The Morgan fingerprint density at radius 3 is 2.48 bits per heavy atom. The number of carbonyl (C=O) groups is 1. The molecule has 0 radical (unpaired) electrons. The number of hydrogen-bond donors (Lipinski definition) is 6. The number of H-pyrrole nitrogens is 1. The van der Waals surface area contributed by atoms with E-state index in [1.165, 1.54) is 13.1 Å². The molecular formula is C32H39N6O6+. The molecule has 2 heterocycles. The number of hydrogen-bond acceptors (Lipinski definition) is 9. The first-order valence-corrected chi connectivity index (χ1v) is 14.8. The average molecular weight is 604 g/mol. The van der Waals surface area contributed by atoms with Crippen molar-refractivity contribution >= 4 is 12.1 Å². The average Bonchev–Trinajstić information content (AvgIpc) is 3.45. The molecule has 1 saturated carbocycles. The van der Waals surface area contributed by atoms with E-state index in [-0.39, 0.29) is 31.3 Å². The van der Waals surface area contributed by atoms with Gasteiger partial charge in [-0.25, -0.2) is 4.79 Å². The van der Waals surface area contributed by atoms with Gasteiger partial charge in [-0.1, -0.05) is 53.7 Å². The van der Waals surface area contributed by atoms with E-state index in [0.717, 1.165) is 40.8 Å². The van der Waals surface area contributed by atoms with E-state index in [9.17, 15) is 19.8 Å². The maximum Gasteiger partial charge on any atom is 0.439 e. The SMILES string of the molecule is CC(N)(O)COC1CCC(N2C(=O)C(Cc3ccc(-c4ccccc4-c4noc(=O)[nH]4)cc3)=C(CCO)[NH2+]/C2=C\C=N)CC1. The molecule has 1 fully saturated rings. The lowest BCUT2D eigenvalue weighted by atomic mass is 9.89. The van der Waals surface area contributed by atoms with Crippen LogP contribution in [0.15, 0.2) is 81.0 Å². The summed E-state index contributed by atoms with van der Waals surface area (Å²) in [6.07, 6.45) is 6.30. The van der Waals surface area contributed by atoms with Gasteiger partial charge in [-0.15, -0.1) is 0 Å². The Balaban J connectivity index is 1.37. The number of aliphatic hydroxyl groups is 2. The third kappa shape index (κ3) is 7.29. The second-order valence-electron chi connectivity index (χ2n) is 11.5. The van der Waals surface area contributed by atoms with Gasteiger partial charge in [0.05, 0.1) is 24.9 Å². The van der Waals surface area contributed by atoms with Gasteiger partial charge < -0.3 is 26.1 Å². The van der Waals surface area contributed by atoms with Gasteiger partial charge >= 0.3 is 5.76 Å². The highest BCUT2D eigenvalue weighted by Crippen LogP contribution is 2.32. The van der Waals surface area contributed by atoms with Crippen molar-refractivity contribution in [3.05, 3.63) is 87.8 Å². The van der Waals surface area contributed by atoms with Crippen LogP contribution in [0.1, 0.15) is 44.6 Å². The zero-order valence-corrected chi connectivity index (χ0v) is 24.7. The lowest BCUT2D eigenvalue weighted by molar-refractivity contribution is -0.576. The normalized spacial score (nSPS) is 21.5. The Labute approximate surface area is 254 Å². The second kappa shape index (κ2) is 13.6. The first-order valence-electron chi connectivity index (χ1n) is 14.8. The molecule has 0 spiro atoms. The van der Waals surface area contributed by atoms with Crippen LogP contribution in [-0.4, -0.2) is 68.5 Å². The highest BCUT2D eigenvalue weighted by Gasteiger charge is 2.40. The predicted molar refractivity (Wildman–Crippen MR) is 163 cm³/mol. The van der Waals surface area contributed by atoms with Gasteiger partial charge in [0.2, 0.25) is 5.82 Å². The van der Waals surface area contributed by atoms with Crippen molar-refractivity contribution in [2.24, 2.45) is 5.73 Å². The van der Waals surface area contributed by atoms with Crippen molar-refractivity contribution in [3.8, 4) is 22.5 Å². The van der Waals surface area contributed by atoms with Gasteiger partial charge in [0.15, 0.2) is 5.82 Å². The lowest BCUT2D eigenvalue weighted by Crippen LogP contribution is -2.86. The van der Waals surface area contributed by atoms with Crippen LogP contribution in [0.2, 0.25) is 0 Å². The molecule has 1 aliphatic carbocycles. The summed E-state index contributed by atoms with van der Waals surface area (Å²) in [6.45, 7) is 1.44. The fourth-order valence-electron chi connectivity index (χ4n) is 5.91. The number of allylic oxidation sites excluding steroid dienone is 1. The molecule has 3 aromatic rings. The van der Waals surface area contributed by atoms with Crippen LogP contribution in [-0.2, 0) is 16.0 Å². The monoisotopic (exact) mass is 603 g/mol. The smallest absolute Gasteiger partial charge is 0.396 e. The van der Waals surface area contributed by atoms with Gasteiger partial charge in [-0.3, -0.25) is 24.5 Å². The Morgan fingerprint density at radius 1 is 1.16 bits per heavy atom. The number of rotatable bonds is 11. The fraction of sp³-hybridized carbons (Fsp3) is 0.375. The van der Waals surface area contributed by atoms with Crippen LogP contribution in [0.3, 0.4) is 0 Å². The van der Waals surface area contributed by atoms with Gasteiger partial charge in [-0.05, 0) is 49.3 Å². The first kappa shape index (κ1) is 31.2. The van der Waals surface area contributed by atoms with E-state index in [1.807, 2.05) is 53.8 Å². The number of amides is 1. The standard InChI is InChI=1S/C32H38N6O6/c1-32(34,42)19-43-23-12-10-22(11-13-23)38-28(14-16-33)35-27(15-17-39)26(30(38)40)18-20-6-8-21(9-7-20)24-4-2-3-5-25(24)29-36-31(41)44-37-29/h2-9,14,16,22-23,33,35,39,42H,10-13,15,17-19,34H2,1H3,(H,36,37,41)/p+1/b28-14+,33-16?. The summed E-state index contributed by atoms with van der Waals surface area (Å²) in [5, 5.41) is 33.1. The highest BCUT2D eigenvalue weighted by atomic mass is 16.5. The number of nitrogens with one attached hydrogen (secondary N) is 2. The molecule has 1 unspecified atom stereocenters. The second-order valence-corrected chi connectivity index (χ2v) is 11.5. The number of benzene rings is 2. The maximum absolute atomic E-state index is 14.2. The number of quaternary nitrogens is 1. The lowest BCUT2D eigenvalue weighted by Gasteiger charge is -2.39. The van der Waals surface area contributed by atoms with Crippen LogP contribution in [0.5, 0.6) is 0 Å². The Kier molecular flexibility index (Phi) is 9.67. The van der Waals surface area contributed by atoms with Crippen LogP contribution in [0.25, 0.3) is 22.5 Å². The highest BCUT2D eigenvalue weighted by molar-refractivity contribution is 5.96. The minimum atomic E-state index is -1.39. The van der Waals surface area contributed by atoms with Crippen molar-refractivity contribution in [2.75, 3.05) is 13.2 Å². The predicted octanol–water partition coefficient (Wildman–Crippen LogP) is 1.77. The van der Waals surface area contributed by atoms with Gasteiger partial charge in [0.1, 0.15) is 11.4 Å². The molecule has 44 heavy (non-hydrogen) atoms. The van der Waals surface area contributed by atoms with E-state index in [4.69, 9.17) is 20.4 Å². The largest absolute Gasteiger partial charge is 0.439 e. The number of aliphatic hydroxyl groups excluding tert-OH is 1. The summed E-state index contributed by atoms with van der Waals surface area (Å²) in [5.74, 6) is 0.241. The van der Waals surface area contributed by atoms with E-state index in [1.54, 1.807) is 11.0 Å². The zero-order valence-electron chi connectivity index (χ0n) is 24.7. The van der Waals surface area contributed by atoms with E-state index < -0.39 is 11.5 Å². The van der Waals surface area contributed by atoms with Crippen LogP contribution < -0.4 is 16.8 Å². The van der Waals surface area contributed by atoms with Crippen molar-refractivity contribution < 1.29 is 29.6 Å². The topological polar surface area (TPSA) is 195 Å². The molecule has 8 N–H and O–H groups in total. The summed E-state index contributed by atoms with van der Waals surface area (Å²) < 4.78 is 10.5. The molecule has 2 aliphatic rings. The van der Waals surface area contributed by atoms with Crippen molar-refractivity contribution in [3.63, 3.8) is 0 Å². The molecule has 1 aromatic heterocycles. The number of nitrogens with zero attached hydrogens (tertiary/aromatic N) is 2. The van der Waals surface area contributed by atoms with E-state index in [2.05, 4.69) is 10.1 Å². The molecule has 12 nitrogen and oxygen atoms in total. The Bertz CT molecular complexity index is 1590. The van der Waals surface area contributed by atoms with Gasteiger partial charge in [0, 0.05) is 36.7 Å². The number of carbonyl (C=O) groups excluding carboxylic acids is 1. The number of aromatic amines is 1. The fourth-order valence-corrected chi connectivity index (χ4v) is 5.91. The summed E-state index contributed by atoms with van der Waals surface area (Å²) in [4.78, 5) is 30.1. The van der Waals surface area contributed by atoms with Gasteiger partial charge in [-0.2, -0.15) is 0 Å². The van der Waals surface area contributed by atoms with Crippen molar-refractivity contribution in [1.82, 2.24) is 15.0 Å². The van der Waals surface area contributed by atoms with Crippen LogP contribution >= 0.6 is 0 Å². The van der Waals surface area contributed by atoms with Crippen LogP contribution in [0, 0.1) is 5.41 Å². The summed E-state index contributed by atoms with van der Waals surface area (Å²) in [6, 6.07) is 15.4. The number of aromatic nitrogens is 2. The molecule has 1 atom stereocenters. The molecule has 0 saturated heterocycles. The van der Waals surface area contributed by atoms with Crippen LogP contribution in [0.4, 0.5) is 0 Å². The van der Waals surface area contributed by atoms with E-state index >= 15 is 0 Å². The molecule has 232 valence electrons. The Morgan fingerprint density at radius 2 is 1.86 bits per heavy atom. The third-order valence-corrected chi connectivity index (χ3v) is 7.99. The molecule has 5 rings (SSSR count). The quantitative estimate of drug-likeness (QED) is 0.141. The molecular weight excluding hydrogens is 564 g/mol. The maximum atomic E-state index is 14.2. The van der Waals surface area contributed by atoms with Crippen molar-refractivity contribution in [1.29, 1.82) is 5.41 Å².